The summed E-state index contributed by atoms with van der Waals surface area (Å²) in [6.07, 6.45) is 0. The molecule has 4 aromatic rings. The van der Waals surface area contributed by atoms with E-state index >= 15 is 0 Å². The maximum atomic E-state index is 11.3. The molecule has 33 heavy (non-hydrogen) atoms. The molecule has 0 bridgehead atoms. The van der Waals surface area contributed by atoms with Crippen LogP contribution >= 0.6 is 11.6 Å². The normalized spacial score (nSPS) is 12.5. The van der Waals surface area contributed by atoms with E-state index in [9.17, 15) is 4.79 Å². The van der Waals surface area contributed by atoms with Crippen LogP contribution in [0, 0.1) is 6.92 Å². The second-order valence-corrected chi connectivity index (χ2v) is 8.23. The number of rotatable bonds is 4. The molecule has 0 saturated carbocycles. The van der Waals surface area contributed by atoms with Crippen molar-refractivity contribution in [3.63, 3.8) is 0 Å². The molecule has 0 unspecified atom stereocenters. The molecule has 0 aliphatic carbocycles. The van der Waals surface area contributed by atoms with Crippen molar-refractivity contribution in [3.8, 4) is 5.69 Å². The lowest BCUT2D eigenvalue weighted by molar-refractivity contribution is -0.114. The van der Waals surface area contributed by atoms with Crippen LogP contribution < -0.4 is 10.3 Å². The maximum absolute atomic E-state index is 11.3. The Kier molecular flexibility index (Phi) is 5.40. The fourth-order valence-electron chi connectivity index (χ4n) is 3.89. The number of halogens is 1. The third-order valence-corrected chi connectivity index (χ3v) is 5.64. The van der Waals surface area contributed by atoms with Crippen LogP contribution in [0.5, 0.6) is 0 Å². The predicted octanol–water partition coefficient (Wildman–Crippen LogP) is 4.96. The number of benzene rings is 3. The van der Waals surface area contributed by atoms with Crippen LogP contribution in [0.15, 0.2) is 77.9 Å². The van der Waals surface area contributed by atoms with E-state index in [1.807, 2.05) is 83.2 Å². The number of hydrogen-bond donors (Lipinski definition) is 1. The average molecular weight is 457 g/mol. The van der Waals surface area contributed by atoms with E-state index in [1.165, 1.54) is 6.92 Å². The number of anilines is 2. The van der Waals surface area contributed by atoms with Gasteiger partial charge in [-0.25, -0.2) is 5.01 Å². The number of aryl methyl sites for hydroxylation is 1. The molecule has 8 heteroatoms. The smallest absolute Gasteiger partial charge is 0.252 e. The van der Waals surface area contributed by atoms with Gasteiger partial charge in [-0.2, -0.15) is 5.10 Å². The van der Waals surface area contributed by atoms with E-state index in [2.05, 4.69) is 21.6 Å². The Morgan fingerprint density at radius 1 is 0.970 bits per heavy atom. The summed E-state index contributed by atoms with van der Waals surface area (Å²) in [6, 6.07) is 23.5. The zero-order valence-electron chi connectivity index (χ0n) is 18.2. The molecule has 0 fully saturated rings. The first-order valence-electron chi connectivity index (χ1n) is 10.5. The van der Waals surface area contributed by atoms with Gasteiger partial charge in [0.1, 0.15) is 11.5 Å². The first-order chi connectivity index (χ1) is 16.0. The topological polar surface area (TPSA) is 75.4 Å². The fourth-order valence-corrected chi connectivity index (χ4v) is 4.01. The minimum absolute atomic E-state index is 0.103. The second-order valence-electron chi connectivity index (χ2n) is 7.79. The van der Waals surface area contributed by atoms with E-state index in [4.69, 9.17) is 16.7 Å². The van der Waals surface area contributed by atoms with Crippen LogP contribution in [0.25, 0.3) is 5.69 Å². The Bertz CT molecular complexity index is 1360. The predicted molar refractivity (Wildman–Crippen MR) is 130 cm³/mol. The van der Waals surface area contributed by atoms with E-state index in [0.29, 0.717) is 17.5 Å². The molecule has 1 amide bonds. The number of amides is 1. The van der Waals surface area contributed by atoms with Crippen molar-refractivity contribution < 1.29 is 4.79 Å². The fraction of sp³-hybridized carbons (Fsp3) is 0.120. The first kappa shape index (κ1) is 20.9. The molecule has 0 atom stereocenters. The molecule has 1 aromatic heterocycles. The molecule has 0 spiro atoms. The lowest BCUT2D eigenvalue weighted by Gasteiger charge is -2.18. The molecule has 2 heterocycles. The molecule has 1 aliphatic rings. The van der Waals surface area contributed by atoms with Gasteiger partial charge >= 0.3 is 0 Å². The van der Waals surface area contributed by atoms with Gasteiger partial charge in [0.25, 0.3) is 5.95 Å². The van der Waals surface area contributed by atoms with Crippen LogP contribution in [-0.2, 0) is 11.3 Å². The van der Waals surface area contributed by atoms with Crippen LogP contribution in [-0.4, -0.2) is 26.4 Å². The molecule has 164 valence electrons. The van der Waals surface area contributed by atoms with E-state index in [1.54, 1.807) is 0 Å². The molecule has 5 rings (SSSR count). The van der Waals surface area contributed by atoms with E-state index < -0.39 is 0 Å². The van der Waals surface area contributed by atoms with Gasteiger partial charge in [0.15, 0.2) is 0 Å². The number of nitrogens with one attached hydrogen (secondary N) is 1. The number of nitrogens with zero attached hydrogens (tertiary/aromatic N) is 5. The van der Waals surface area contributed by atoms with Gasteiger partial charge in [0.2, 0.25) is 5.91 Å². The van der Waals surface area contributed by atoms with Gasteiger partial charge in [-0.05, 0) is 42.8 Å². The molecule has 1 aliphatic heterocycles. The molecular weight excluding hydrogens is 436 g/mol. The van der Waals surface area contributed by atoms with Crippen LogP contribution in [0.1, 0.15) is 29.4 Å². The van der Waals surface area contributed by atoms with Gasteiger partial charge < -0.3 is 5.32 Å². The highest BCUT2D eigenvalue weighted by atomic mass is 35.5. The summed E-state index contributed by atoms with van der Waals surface area (Å²) in [5.74, 6) is 1.31. The Labute approximate surface area is 196 Å². The number of hydrazone groups is 1. The monoisotopic (exact) mass is 456 g/mol. The molecule has 3 aromatic carbocycles. The molecule has 7 nitrogen and oxygen atoms in total. The third kappa shape index (κ3) is 4.10. The Hall–Kier alpha value is -3.97. The lowest BCUT2D eigenvalue weighted by atomic mass is 10.0. The molecular formula is C25H21ClN6O. The van der Waals surface area contributed by atoms with Crippen LogP contribution in [0.3, 0.4) is 0 Å². The van der Waals surface area contributed by atoms with Crippen molar-refractivity contribution in [2.75, 3.05) is 10.3 Å². The van der Waals surface area contributed by atoms with Crippen molar-refractivity contribution in [1.82, 2.24) is 14.8 Å². The van der Waals surface area contributed by atoms with Crippen molar-refractivity contribution in [2.45, 2.75) is 20.4 Å². The molecule has 1 N–H and O–H groups in total. The second kappa shape index (κ2) is 8.52. The summed E-state index contributed by atoms with van der Waals surface area (Å²) in [5, 5.41) is 19.1. The quantitative estimate of drug-likeness (QED) is 0.471. The van der Waals surface area contributed by atoms with Crippen molar-refractivity contribution in [1.29, 1.82) is 0 Å². The van der Waals surface area contributed by atoms with Crippen molar-refractivity contribution in [2.24, 2.45) is 5.10 Å². The standard InChI is InChI=1S/C25H21ClN6O/c1-16-28-29-25-31(15-18-7-13-21(14-8-18)27-17(2)33)30-24(19-9-11-20(26)12-10-19)22-5-3-4-6-23(22)32(16)25/h3-14H,15H2,1-2H3,(H,27,33). The van der Waals surface area contributed by atoms with Gasteiger partial charge in [-0.15, -0.1) is 10.2 Å². The van der Waals surface area contributed by atoms with Crippen LogP contribution in [0.2, 0.25) is 5.02 Å². The number of carbonyl (C=O) groups excluding carboxylic acids is 1. The number of para-hydroxylation sites is 1. The summed E-state index contributed by atoms with van der Waals surface area (Å²) in [4.78, 5) is 11.3. The Morgan fingerprint density at radius 2 is 1.70 bits per heavy atom. The van der Waals surface area contributed by atoms with E-state index in [-0.39, 0.29) is 5.91 Å². The van der Waals surface area contributed by atoms with Crippen molar-refractivity contribution in [3.05, 3.63) is 100 Å². The highest BCUT2D eigenvalue weighted by Gasteiger charge is 2.26. The maximum Gasteiger partial charge on any atom is 0.252 e. The summed E-state index contributed by atoms with van der Waals surface area (Å²) >= 11 is 6.14. The minimum Gasteiger partial charge on any atom is -0.326 e. The minimum atomic E-state index is -0.103. The number of carbonyl (C=O) groups is 1. The first-order valence-corrected chi connectivity index (χ1v) is 10.9. The van der Waals surface area contributed by atoms with Gasteiger partial charge in [-0.1, -0.05) is 54.1 Å². The third-order valence-electron chi connectivity index (χ3n) is 5.38. The van der Waals surface area contributed by atoms with Crippen molar-refractivity contribution >= 4 is 34.9 Å². The zero-order valence-corrected chi connectivity index (χ0v) is 18.9. The highest BCUT2D eigenvalue weighted by Crippen LogP contribution is 2.30. The highest BCUT2D eigenvalue weighted by molar-refractivity contribution is 6.30. The van der Waals surface area contributed by atoms with Gasteiger partial charge in [0, 0.05) is 28.8 Å². The summed E-state index contributed by atoms with van der Waals surface area (Å²) in [6.45, 7) is 3.90. The van der Waals surface area contributed by atoms with E-state index in [0.717, 1.165) is 39.6 Å². The van der Waals surface area contributed by atoms with Gasteiger partial charge in [0.05, 0.1) is 12.2 Å². The lowest BCUT2D eigenvalue weighted by Crippen LogP contribution is -2.20. The number of fused-ring (bicyclic) bond motifs is 3. The van der Waals surface area contributed by atoms with Crippen LogP contribution in [0.4, 0.5) is 11.6 Å². The largest absolute Gasteiger partial charge is 0.326 e. The summed E-state index contributed by atoms with van der Waals surface area (Å²) in [7, 11) is 0. The average Bonchev–Trinajstić information content (AvgIpc) is 3.13. The Balaban J connectivity index is 1.62. The molecule has 0 radical (unpaired) electrons. The zero-order chi connectivity index (χ0) is 22.9. The number of aromatic nitrogens is 3. The number of hydrogen-bond acceptors (Lipinski definition) is 5. The summed E-state index contributed by atoms with van der Waals surface area (Å²) < 4.78 is 2.02. The Morgan fingerprint density at radius 3 is 2.42 bits per heavy atom. The SMILES string of the molecule is CC(=O)Nc1ccc(CN2N=C(c3ccc(Cl)cc3)c3ccccc3-n3c(C)nnc32)cc1. The van der Waals surface area contributed by atoms with Gasteiger partial charge in [-0.3, -0.25) is 9.36 Å². The molecule has 0 saturated heterocycles. The summed E-state index contributed by atoms with van der Waals surface area (Å²) in [5.41, 5.74) is 5.48.